The number of ether oxygens (including phenoxy) is 1. The number of rotatable bonds is 3. The molecule has 1 saturated heterocycles. The maximum Gasteiger partial charge on any atom is 0.507 e. The Kier molecular flexibility index (Phi) is 4.29. The number of carboxylic acid groups (broad SMARTS) is 1. The number of carbonyl (C=O) groups is 1. The van der Waals surface area contributed by atoms with Crippen molar-refractivity contribution in [2.45, 2.75) is 38.0 Å². The largest absolute Gasteiger partial charge is 0.507 e. The molecule has 0 radical (unpaired) electrons. The van der Waals surface area contributed by atoms with Crippen LogP contribution in [0, 0.1) is 11.8 Å². The summed E-state index contributed by atoms with van der Waals surface area (Å²) in [6.07, 6.45) is 2.68. The van der Waals surface area contributed by atoms with Crippen LogP contribution in [0.4, 0.5) is 10.5 Å². The molecule has 5 heteroatoms. The van der Waals surface area contributed by atoms with Gasteiger partial charge in [0.05, 0.1) is 0 Å². The van der Waals surface area contributed by atoms with Crippen molar-refractivity contribution in [3.8, 4) is 0 Å². The van der Waals surface area contributed by atoms with E-state index in [9.17, 15) is 4.79 Å². The van der Waals surface area contributed by atoms with Gasteiger partial charge >= 0.3 is 6.16 Å². The number of nitrogens with one attached hydrogen (secondary N) is 2. The van der Waals surface area contributed by atoms with Crippen LogP contribution in [0.2, 0.25) is 0 Å². The van der Waals surface area contributed by atoms with Crippen LogP contribution in [0.15, 0.2) is 30.3 Å². The molecule has 1 saturated carbocycles. The molecule has 21 heavy (non-hydrogen) atoms. The van der Waals surface area contributed by atoms with Crippen molar-refractivity contribution in [2.75, 3.05) is 11.9 Å². The molecule has 4 atom stereocenters. The second-order valence-corrected chi connectivity index (χ2v) is 6.06. The van der Waals surface area contributed by atoms with Crippen LogP contribution in [-0.4, -0.2) is 30.1 Å². The van der Waals surface area contributed by atoms with Crippen molar-refractivity contribution in [1.82, 2.24) is 5.32 Å². The molecule has 1 aromatic rings. The Hall–Kier alpha value is -1.75. The Bertz CT molecular complexity index is 480. The third kappa shape index (κ3) is 3.67. The van der Waals surface area contributed by atoms with Gasteiger partial charge in [0.15, 0.2) is 6.23 Å². The topological polar surface area (TPSA) is 70.6 Å². The fraction of sp³-hybridized carbons (Fsp3) is 0.562. The van der Waals surface area contributed by atoms with Gasteiger partial charge in [0.2, 0.25) is 0 Å². The minimum absolute atomic E-state index is 0.348. The summed E-state index contributed by atoms with van der Waals surface area (Å²) in [6.45, 7) is 0.862. The molecule has 3 rings (SSSR count). The van der Waals surface area contributed by atoms with Crippen LogP contribution < -0.4 is 10.6 Å². The highest BCUT2D eigenvalue weighted by molar-refractivity contribution is 5.57. The molecule has 4 unspecified atom stereocenters. The van der Waals surface area contributed by atoms with Gasteiger partial charge in [0.25, 0.3) is 0 Å². The Balaban J connectivity index is 1.56. The van der Waals surface area contributed by atoms with Crippen LogP contribution >= 0.6 is 0 Å². The van der Waals surface area contributed by atoms with Crippen molar-refractivity contribution >= 4 is 11.8 Å². The van der Waals surface area contributed by atoms with E-state index in [0.717, 1.165) is 25.1 Å². The lowest BCUT2D eigenvalue weighted by Crippen LogP contribution is -2.49. The van der Waals surface area contributed by atoms with E-state index < -0.39 is 6.16 Å². The summed E-state index contributed by atoms with van der Waals surface area (Å²) in [6, 6.07) is 10.7. The fourth-order valence-electron chi connectivity index (χ4n) is 3.64. The van der Waals surface area contributed by atoms with Gasteiger partial charge < -0.3 is 15.2 Å². The molecule has 1 aromatic carbocycles. The maximum atomic E-state index is 10.7. The Morgan fingerprint density at radius 3 is 2.76 bits per heavy atom. The predicted octanol–water partition coefficient (Wildman–Crippen LogP) is 2.90. The first-order valence-corrected chi connectivity index (χ1v) is 7.65. The van der Waals surface area contributed by atoms with E-state index in [2.05, 4.69) is 22.8 Å². The lowest BCUT2D eigenvalue weighted by molar-refractivity contribution is -0.00879. The first kappa shape index (κ1) is 14.2. The second-order valence-electron chi connectivity index (χ2n) is 6.06. The number of piperidine rings is 1. The highest BCUT2D eigenvalue weighted by Crippen LogP contribution is 2.36. The fourth-order valence-corrected chi connectivity index (χ4v) is 3.64. The zero-order valence-electron chi connectivity index (χ0n) is 12.0. The number of fused-ring (bicyclic) bond motifs is 1. The molecule has 3 N–H and O–H groups in total. The van der Waals surface area contributed by atoms with E-state index in [1.54, 1.807) is 0 Å². The quantitative estimate of drug-likeness (QED) is 0.747. The van der Waals surface area contributed by atoms with Crippen molar-refractivity contribution in [2.24, 2.45) is 11.8 Å². The average Bonchev–Trinajstić information content (AvgIpc) is 2.47. The summed E-state index contributed by atoms with van der Waals surface area (Å²) in [5.74, 6) is 1.18. The predicted molar refractivity (Wildman–Crippen MR) is 80.2 cm³/mol. The van der Waals surface area contributed by atoms with Gasteiger partial charge in [-0.25, -0.2) is 4.79 Å². The number of hydrogen-bond donors (Lipinski definition) is 3. The van der Waals surface area contributed by atoms with E-state index in [0.29, 0.717) is 17.9 Å². The molecule has 0 amide bonds. The van der Waals surface area contributed by atoms with E-state index in [1.807, 2.05) is 18.2 Å². The van der Waals surface area contributed by atoms with Crippen molar-refractivity contribution < 1.29 is 14.6 Å². The monoisotopic (exact) mass is 290 g/mol. The molecule has 1 aliphatic heterocycles. The Morgan fingerprint density at radius 1 is 1.19 bits per heavy atom. The minimum atomic E-state index is -1.19. The molecule has 2 aliphatic rings. The van der Waals surface area contributed by atoms with Gasteiger partial charge in [-0.2, -0.15) is 0 Å². The number of hydrogen-bond acceptors (Lipinski definition) is 4. The summed E-state index contributed by atoms with van der Waals surface area (Å²) < 4.78 is 4.88. The molecule has 0 aromatic heterocycles. The van der Waals surface area contributed by atoms with Gasteiger partial charge in [0, 0.05) is 24.7 Å². The van der Waals surface area contributed by atoms with E-state index in [4.69, 9.17) is 9.84 Å². The van der Waals surface area contributed by atoms with Gasteiger partial charge in [-0.05, 0) is 43.2 Å². The molecule has 1 heterocycles. The van der Waals surface area contributed by atoms with Crippen LogP contribution in [0.1, 0.15) is 25.7 Å². The second kappa shape index (κ2) is 6.35. The SMILES string of the molecule is O=C(O)OC1CC2CC(Nc3ccccc3)CCC2CN1. The summed E-state index contributed by atoms with van der Waals surface area (Å²) in [5.41, 5.74) is 1.16. The minimum Gasteiger partial charge on any atom is -0.450 e. The maximum absolute atomic E-state index is 10.7. The van der Waals surface area contributed by atoms with Gasteiger partial charge in [-0.1, -0.05) is 18.2 Å². The molecule has 2 fully saturated rings. The molecule has 0 bridgehead atoms. The van der Waals surface area contributed by atoms with Crippen molar-refractivity contribution in [3.05, 3.63) is 30.3 Å². The zero-order chi connectivity index (χ0) is 14.7. The highest BCUT2D eigenvalue weighted by Gasteiger charge is 2.36. The molecule has 5 nitrogen and oxygen atoms in total. The van der Waals surface area contributed by atoms with Crippen LogP contribution in [0.25, 0.3) is 0 Å². The lowest BCUT2D eigenvalue weighted by Gasteiger charge is -2.42. The normalized spacial score (nSPS) is 32.0. The standard InChI is InChI=1S/C16H22N2O3/c19-16(20)21-15-9-12-8-14(7-6-11(12)10-17-15)18-13-4-2-1-3-5-13/h1-5,11-12,14-15,17-18H,6-10H2,(H,19,20). The number of para-hydroxylation sites is 1. The molecular formula is C16H22N2O3. The molecule has 0 spiro atoms. The molecule has 114 valence electrons. The van der Waals surface area contributed by atoms with Gasteiger partial charge in [0.1, 0.15) is 0 Å². The summed E-state index contributed by atoms with van der Waals surface area (Å²) >= 11 is 0. The van der Waals surface area contributed by atoms with Gasteiger partial charge in [-0.15, -0.1) is 0 Å². The van der Waals surface area contributed by atoms with Crippen molar-refractivity contribution in [1.29, 1.82) is 0 Å². The molecule has 1 aliphatic carbocycles. The van der Waals surface area contributed by atoms with E-state index in [-0.39, 0.29) is 6.23 Å². The van der Waals surface area contributed by atoms with E-state index >= 15 is 0 Å². The average molecular weight is 290 g/mol. The summed E-state index contributed by atoms with van der Waals surface area (Å²) in [7, 11) is 0. The van der Waals surface area contributed by atoms with Crippen molar-refractivity contribution in [3.63, 3.8) is 0 Å². The van der Waals surface area contributed by atoms with Gasteiger partial charge in [-0.3, -0.25) is 5.32 Å². The Morgan fingerprint density at radius 2 is 2.00 bits per heavy atom. The summed E-state index contributed by atoms with van der Waals surface area (Å²) in [5, 5.41) is 15.5. The van der Waals surface area contributed by atoms with Crippen LogP contribution in [-0.2, 0) is 4.74 Å². The molecular weight excluding hydrogens is 268 g/mol. The number of anilines is 1. The third-order valence-corrected chi connectivity index (χ3v) is 4.65. The highest BCUT2D eigenvalue weighted by atomic mass is 16.7. The first-order valence-electron chi connectivity index (χ1n) is 7.65. The summed E-state index contributed by atoms with van der Waals surface area (Å²) in [4.78, 5) is 10.7. The Labute approximate surface area is 124 Å². The number of benzene rings is 1. The van der Waals surface area contributed by atoms with Crippen LogP contribution in [0.3, 0.4) is 0 Å². The lowest BCUT2D eigenvalue weighted by atomic mass is 9.73. The van der Waals surface area contributed by atoms with Crippen LogP contribution in [0.5, 0.6) is 0 Å². The zero-order valence-corrected chi connectivity index (χ0v) is 12.0. The first-order chi connectivity index (χ1) is 10.2. The third-order valence-electron chi connectivity index (χ3n) is 4.65. The smallest absolute Gasteiger partial charge is 0.450 e. The van der Waals surface area contributed by atoms with E-state index in [1.165, 1.54) is 12.8 Å².